The molecule has 0 bridgehead atoms. The summed E-state index contributed by atoms with van der Waals surface area (Å²) in [6.45, 7) is 6.04. The van der Waals surface area contributed by atoms with Crippen molar-refractivity contribution in [3.8, 4) is 0 Å². The molecule has 0 aliphatic carbocycles. The molecular weight excluding hydrogens is 420 g/mol. The van der Waals surface area contributed by atoms with Gasteiger partial charge in [0.1, 0.15) is 18.3 Å². The lowest BCUT2D eigenvalue weighted by atomic mass is 10.0. The molecule has 0 unspecified atom stereocenters. The van der Waals surface area contributed by atoms with E-state index in [4.69, 9.17) is 28.4 Å². The Hall–Kier alpha value is -2.91. The molecule has 174 valence electrons. The minimum absolute atomic E-state index is 0.133. The maximum absolute atomic E-state index is 12.5. The minimum Gasteiger partial charge on any atom is -0.496 e. The second-order valence-corrected chi connectivity index (χ2v) is 7.73. The number of ether oxygens (including phenoxy) is 6. The average molecular weight is 448 g/mol. The number of carbonyl (C=O) groups excluding carboxylic acids is 3. The van der Waals surface area contributed by atoms with Crippen LogP contribution >= 0.6 is 0 Å². The van der Waals surface area contributed by atoms with Crippen molar-refractivity contribution in [2.24, 2.45) is 0 Å². The van der Waals surface area contributed by atoms with E-state index < -0.39 is 60.8 Å². The normalized spacial score (nSPS) is 31.8. The van der Waals surface area contributed by atoms with Crippen molar-refractivity contribution in [1.29, 1.82) is 0 Å². The van der Waals surface area contributed by atoms with Gasteiger partial charge >= 0.3 is 17.9 Å². The van der Waals surface area contributed by atoms with Gasteiger partial charge in [0.25, 0.3) is 0 Å². The van der Waals surface area contributed by atoms with Gasteiger partial charge in [0.15, 0.2) is 18.5 Å². The summed E-state index contributed by atoms with van der Waals surface area (Å²) in [5.74, 6) is -1.50. The molecule has 0 spiro atoms. The Morgan fingerprint density at radius 1 is 0.906 bits per heavy atom. The van der Waals surface area contributed by atoms with E-state index in [-0.39, 0.29) is 6.42 Å². The van der Waals surface area contributed by atoms with Crippen LogP contribution in [0.25, 0.3) is 0 Å². The summed E-state index contributed by atoms with van der Waals surface area (Å²) in [4.78, 5) is 35.6. The quantitative estimate of drug-likeness (QED) is 0.479. The molecule has 1 fully saturated rings. The predicted octanol–water partition coefficient (Wildman–Crippen LogP) is 2.53. The van der Waals surface area contributed by atoms with Gasteiger partial charge in [0, 0.05) is 20.3 Å². The number of hydrogen-bond donors (Lipinski definition) is 0. The van der Waals surface area contributed by atoms with Crippen LogP contribution in [0.4, 0.5) is 0 Å². The molecule has 0 amide bonds. The van der Waals surface area contributed by atoms with E-state index in [2.05, 4.69) is 0 Å². The molecule has 1 saturated heterocycles. The van der Waals surface area contributed by atoms with Crippen LogP contribution in [-0.4, -0.2) is 60.8 Å². The van der Waals surface area contributed by atoms with Gasteiger partial charge in [0.2, 0.25) is 0 Å². The highest BCUT2D eigenvalue weighted by atomic mass is 16.7. The Morgan fingerprint density at radius 2 is 1.59 bits per heavy atom. The molecule has 7 atom stereocenters. The zero-order valence-corrected chi connectivity index (χ0v) is 18.5. The first-order valence-electron chi connectivity index (χ1n) is 10.5. The summed E-state index contributed by atoms with van der Waals surface area (Å²) in [5, 5.41) is 0. The molecule has 2 heterocycles. The third-order valence-corrected chi connectivity index (χ3v) is 5.15. The lowest BCUT2D eigenvalue weighted by molar-refractivity contribution is -0.281. The highest BCUT2D eigenvalue weighted by molar-refractivity contribution is 5.89. The van der Waals surface area contributed by atoms with Crippen LogP contribution in [0, 0.1) is 0 Å². The van der Waals surface area contributed by atoms with E-state index in [1.54, 1.807) is 44.2 Å². The number of carbonyl (C=O) groups is 3. The first-order valence-corrected chi connectivity index (χ1v) is 10.5. The first-order chi connectivity index (χ1) is 15.2. The Morgan fingerprint density at radius 3 is 2.25 bits per heavy atom. The molecule has 0 N–H and O–H groups in total. The fourth-order valence-electron chi connectivity index (χ4n) is 3.71. The van der Waals surface area contributed by atoms with Crippen LogP contribution in [0.3, 0.4) is 0 Å². The SMILES string of the molecule is CC(=O)O[C@H]1[C@H](C)O[C@@H](O[C@H]2[C@H](C)OC=C[C@@H]2OC(=O)c2ccccc2)C[C@@H]1OC(C)=O. The summed E-state index contributed by atoms with van der Waals surface area (Å²) < 4.78 is 33.9. The Bertz CT molecular complexity index is 837. The van der Waals surface area contributed by atoms with E-state index in [1.165, 1.54) is 20.1 Å². The number of esters is 3. The van der Waals surface area contributed by atoms with Crippen LogP contribution in [0.2, 0.25) is 0 Å². The van der Waals surface area contributed by atoms with Crippen molar-refractivity contribution < 1.29 is 42.8 Å². The van der Waals surface area contributed by atoms with Gasteiger partial charge in [-0.15, -0.1) is 0 Å². The van der Waals surface area contributed by atoms with Gasteiger partial charge in [0.05, 0.1) is 17.9 Å². The topological polar surface area (TPSA) is 107 Å². The second kappa shape index (κ2) is 10.6. The van der Waals surface area contributed by atoms with Gasteiger partial charge in [-0.1, -0.05) is 18.2 Å². The molecule has 32 heavy (non-hydrogen) atoms. The molecule has 9 nitrogen and oxygen atoms in total. The molecule has 9 heteroatoms. The fourth-order valence-corrected chi connectivity index (χ4v) is 3.71. The van der Waals surface area contributed by atoms with Gasteiger partial charge in [-0.25, -0.2) is 4.79 Å². The van der Waals surface area contributed by atoms with Crippen LogP contribution < -0.4 is 0 Å². The summed E-state index contributed by atoms with van der Waals surface area (Å²) in [6, 6.07) is 8.63. The molecule has 3 rings (SSSR count). The standard InChI is InChI=1S/C23H28O9/c1-13-21(18(10-11-27-13)31-23(26)17-8-6-5-7-9-17)32-20-12-19(29-15(3)24)22(14(2)28-20)30-16(4)25/h5-11,13-14,18-22H,12H2,1-4H3/t13-,14-,18-,19-,20-,21-,22-/m0/s1. The maximum atomic E-state index is 12.5. The van der Waals surface area contributed by atoms with Crippen LogP contribution in [0.1, 0.15) is 44.5 Å². The zero-order chi connectivity index (χ0) is 23.3. The lowest BCUT2D eigenvalue weighted by Crippen LogP contribution is -2.54. The van der Waals surface area contributed by atoms with E-state index in [9.17, 15) is 14.4 Å². The van der Waals surface area contributed by atoms with Crippen molar-refractivity contribution in [2.45, 2.75) is 77.0 Å². The van der Waals surface area contributed by atoms with Crippen LogP contribution in [0.15, 0.2) is 42.7 Å². The Balaban J connectivity index is 1.71. The molecule has 0 saturated carbocycles. The minimum atomic E-state index is -0.804. The highest BCUT2D eigenvalue weighted by Gasteiger charge is 2.44. The van der Waals surface area contributed by atoms with Gasteiger partial charge in [-0.2, -0.15) is 0 Å². The summed E-state index contributed by atoms with van der Waals surface area (Å²) in [7, 11) is 0. The van der Waals surface area contributed by atoms with Crippen LogP contribution in [0.5, 0.6) is 0 Å². The third kappa shape index (κ3) is 6.08. The largest absolute Gasteiger partial charge is 0.496 e. The van der Waals surface area contributed by atoms with E-state index >= 15 is 0 Å². The average Bonchev–Trinajstić information content (AvgIpc) is 2.73. The maximum Gasteiger partial charge on any atom is 0.338 e. The molecule has 0 radical (unpaired) electrons. The lowest BCUT2D eigenvalue weighted by Gasteiger charge is -2.41. The number of rotatable bonds is 6. The van der Waals surface area contributed by atoms with E-state index in [1.807, 2.05) is 6.07 Å². The Kier molecular flexibility index (Phi) is 7.87. The molecular formula is C23H28O9. The monoisotopic (exact) mass is 448 g/mol. The van der Waals surface area contributed by atoms with E-state index in [0.717, 1.165) is 0 Å². The number of hydrogen-bond acceptors (Lipinski definition) is 9. The highest BCUT2D eigenvalue weighted by Crippen LogP contribution is 2.30. The molecule has 1 aromatic rings. The van der Waals surface area contributed by atoms with Crippen molar-refractivity contribution in [3.05, 3.63) is 48.2 Å². The van der Waals surface area contributed by atoms with Gasteiger partial charge in [-0.3, -0.25) is 9.59 Å². The third-order valence-electron chi connectivity index (χ3n) is 5.15. The van der Waals surface area contributed by atoms with E-state index in [0.29, 0.717) is 5.56 Å². The predicted molar refractivity (Wildman–Crippen MR) is 110 cm³/mol. The summed E-state index contributed by atoms with van der Waals surface area (Å²) >= 11 is 0. The molecule has 2 aliphatic heterocycles. The van der Waals surface area contributed by atoms with Crippen molar-refractivity contribution in [1.82, 2.24) is 0 Å². The first kappa shape index (κ1) is 23.7. The van der Waals surface area contributed by atoms with Crippen molar-refractivity contribution in [3.63, 3.8) is 0 Å². The van der Waals surface area contributed by atoms with Crippen LogP contribution in [-0.2, 0) is 38.0 Å². The molecule has 0 aromatic heterocycles. The zero-order valence-electron chi connectivity index (χ0n) is 18.5. The van der Waals surface area contributed by atoms with Gasteiger partial charge in [-0.05, 0) is 32.1 Å². The fraction of sp³-hybridized carbons (Fsp3) is 0.522. The molecule has 2 aliphatic rings. The van der Waals surface area contributed by atoms with Gasteiger partial charge < -0.3 is 28.4 Å². The molecule has 1 aromatic carbocycles. The second-order valence-electron chi connectivity index (χ2n) is 7.73. The van der Waals surface area contributed by atoms with Crippen molar-refractivity contribution in [2.75, 3.05) is 0 Å². The smallest absolute Gasteiger partial charge is 0.338 e. The Labute approximate surface area is 186 Å². The summed E-state index contributed by atoms with van der Waals surface area (Å²) in [6.07, 6.45) is -1.53. The summed E-state index contributed by atoms with van der Waals surface area (Å²) in [5.41, 5.74) is 0.417. The van der Waals surface area contributed by atoms with Crippen molar-refractivity contribution >= 4 is 17.9 Å². The number of benzene rings is 1.